The number of ether oxygens (including phenoxy) is 1. The van der Waals surface area contributed by atoms with Gasteiger partial charge in [-0.1, -0.05) is 0 Å². The zero-order chi connectivity index (χ0) is 21.4. The van der Waals surface area contributed by atoms with Gasteiger partial charge in [-0.2, -0.15) is 0 Å². The summed E-state index contributed by atoms with van der Waals surface area (Å²) < 4.78 is 7.35. The number of nitrogens with one attached hydrogen (secondary N) is 2. The van der Waals surface area contributed by atoms with Gasteiger partial charge in [-0.25, -0.2) is 15.0 Å². The Morgan fingerprint density at radius 3 is 3.00 bits per heavy atom. The molecule has 4 N–H and O–H groups in total. The van der Waals surface area contributed by atoms with Crippen LogP contribution in [0.5, 0.6) is 0 Å². The third-order valence-electron chi connectivity index (χ3n) is 5.53. The highest BCUT2D eigenvalue weighted by Crippen LogP contribution is 2.30. The topological polar surface area (TPSA) is 123 Å². The van der Waals surface area contributed by atoms with Crippen LogP contribution >= 0.6 is 0 Å². The summed E-state index contributed by atoms with van der Waals surface area (Å²) in [6, 6.07) is 7.61. The van der Waals surface area contributed by atoms with Crippen LogP contribution in [0.3, 0.4) is 0 Å². The summed E-state index contributed by atoms with van der Waals surface area (Å²) in [6.07, 6.45) is 6.50. The average molecular weight is 417 g/mol. The van der Waals surface area contributed by atoms with E-state index in [9.17, 15) is 4.79 Å². The maximum Gasteiger partial charge on any atom is 0.273 e. The number of aromatic nitrogens is 5. The molecule has 4 aromatic rings. The molecule has 1 aliphatic heterocycles. The second-order valence-corrected chi connectivity index (χ2v) is 7.72. The second kappa shape index (κ2) is 7.84. The molecule has 1 aliphatic rings. The first-order chi connectivity index (χ1) is 15.1. The van der Waals surface area contributed by atoms with Crippen molar-refractivity contribution in [2.75, 3.05) is 25.5 Å². The number of hydrogen-bond donors (Lipinski definition) is 3. The van der Waals surface area contributed by atoms with Gasteiger partial charge in [0.1, 0.15) is 17.0 Å². The zero-order valence-corrected chi connectivity index (χ0v) is 17.1. The van der Waals surface area contributed by atoms with Gasteiger partial charge in [-0.15, -0.1) is 0 Å². The predicted molar refractivity (Wildman–Crippen MR) is 116 cm³/mol. The Balaban J connectivity index is 1.57. The van der Waals surface area contributed by atoms with Gasteiger partial charge < -0.3 is 25.2 Å². The van der Waals surface area contributed by atoms with Crippen LogP contribution in [0.25, 0.3) is 28.3 Å². The Hall–Kier alpha value is -3.72. The van der Waals surface area contributed by atoms with Gasteiger partial charge in [0, 0.05) is 48.9 Å². The number of carbonyl (C=O) groups is 1. The number of anilines is 1. The van der Waals surface area contributed by atoms with Crippen molar-refractivity contribution < 1.29 is 9.53 Å². The summed E-state index contributed by atoms with van der Waals surface area (Å²) in [5, 5.41) is 2.92. The van der Waals surface area contributed by atoms with Crippen LogP contribution in [0.2, 0.25) is 0 Å². The van der Waals surface area contributed by atoms with E-state index in [4.69, 9.17) is 10.5 Å². The number of H-pyrrole nitrogens is 1. The molecule has 1 fully saturated rings. The monoisotopic (exact) mass is 417 g/mol. The molecule has 1 saturated heterocycles. The molecular formula is C22H23N7O2. The molecule has 0 radical (unpaired) electrons. The van der Waals surface area contributed by atoms with Crippen molar-refractivity contribution in [1.29, 1.82) is 0 Å². The third kappa shape index (κ3) is 3.64. The maximum absolute atomic E-state index is 12.9. The molecule has 0 unspecified atom stereocenters. The van der Waals surface area contributed by atoms with E-state index in [-0.39, 0.29) is 17.4 Å². The number of aryl methyl sites for hydroxylation is 1. The van der Waals surface area contributed by atoms with E-state index in [1.54, 1.807) is 0 Å². The van der Waals surface area contributed by atoms with E-state index in [1.807, 2.05) is 54.2 Å². The van der Waals surface area contributed by atoms with Gasteiger partial charge in [0.15, 0.2) is 11.5 Å². The first-order valence-electron chi connectivity index (χ1n) is 10.2. The molecule has 1 amide bonds. The molecule has 158 valence electrons. The number of nitrogen functional groups attached to an aromatic ring is 1. The number of aromatic amines is 1. The van der Waals surface area contributed by atoms with Gasteiger partial charge in [0.25, 0.3) is 5.91 Å². The summed E-state index contributed by atoms with van der Waals surface area (Å²) in [5.74, 6) is 0.0619. The molecule has 1 atom stereocenters. The number of rotatable bonds is 5. The highest BCUT2D eigenvalue weighted by Gasteiger charge is 2.22. The summed E-state index contributed by atoms with van der Waals surface area (Å²) in [7, 11) is 0. The fourth-order valence-corrected chi connectivity index (χ4v) is 3.79. The van der Waals surface area contributed by atoms with Crippen molar-refractivity contribution in [3.63, 3.8) is 0 Å². The van der Waals surface area contributed by atoms with E-state index < -0.39 is 0 Å². The number of imidazole rings is 1. The highest BCUT2D eigenvalue weighted by molar-refractivity contribution is 5.97. The number of pyridine rings is 1. The smallest absolute Gasteiger partial charge is 0.273 e. The van der Waals surface area contributed by atoms with Crippen LogP contribution in [0, 0.1) is 12.8 Å². The van der Waals surface area contributed by atoms with Crippen LogP contribution < -0.4 is 11.1 Å². The molecule has 0 bridgehead atoms. The van der Waals surface area contributed by atoms with Gasteiger partial charge >= 0.3 is 0 Å². The van der Waals surface area contributed by atoms with Crippen LogP contribution in [-0.2, 0) is 4.74 Å². The minimum atomic E-state index is -0.337. The largest absolute Gasteiger partial charge is 0.382 e. The average Bonchev–Trinajstić information content (AvgIpc) is 3.55. The Morgan fingerprint density at radius 2 is 2.23 bits per heavy atom. The number of nitrogens with zero attached hydrogens (tertiary/aromatic N) is 4. The van der Waals surface area contributed by atoms with E-state index in [0.29, 0.717) is 30.5 Å². The van der Waals surface area contributed by atoms with Crippen molar-refractivity contribution in [2.45, 2.75) is 13.3 Å². The Kier molecular flexibility index (Phi) is 4.87. The van der Waals surface area contributed by atoms with E-state index in [0.717, 1.165) is 35.6 Å². The van der Waals surface area contributed by atoms with Crippen molar-refractivity contribution in [3.8, 4) is 22.6 Å². The molecule has 0 saturated carbocycles. The molecule has 31 heavy (non-hydrogen) atoms. The number of hydrogen-bond acceptors (Lipinski definition) is 6. The first-order valence-corrected chi connectivity index (χ1v) is 10.2. The Labute approximate surface area is 178 Å². The minimum absolute atomic E-state index is 0.0911. The number of amides is 1. The van der Waals surface area contributed by atoms with Crippen molar-refractivity contribution in [1.82, 2.24) is 29.7 Å². The number of carbonyl (C=O) groups excluding carboxylic acids is 1. The molecular weight excluding hydrogens is 394 g/mol. The highest BCUT2D eigenvalue weighted by atomic mass is 16.5. The lowest BCUT2D eigenvalue weighted by molar-refractivity contribution is 0.0941. The zero-order valence-electron chi connectivity index (χ0n) is 17.1. The Morgan fingerprint density at radius 1 is 1.32 bits per heavy atom. The Bertz CT molecular complexity index is 1240. The van der Waals surface area contributed by atoms with Gasteiger partial charge in [-0.05, 0) is 37.6 Å². The lowest BCUT2D eigenvalue weighted by Gasteiger charge is -2.14. The molecule has 0 aliphatic carbocycles. The maximum atomic E-state index is 12.9. The van der Waals surface area contributed by atoms with E-state index in [1.165, 1.54) is 0 Å². The predicted octanol–water partition coefficient (Wildman–Crippen LogP) is 2.44. The molecule has 0 aromatic carbocycles. The summed E-state index contributed by atoms with van der Waals surface area (Å²) in [6.45, 7) is 3.89. The minimum Gasteiger partial charge on any atom is -0.382 e. The van der Waals surface area contributed by atoms with Crippen LogP contribution in [-0.4, -0.2) is 50.0 Å². The van der Waals surface area contributed by atoms with Crippen molar-refractivity contribution >= 4 is 17.4 Å². The van der Waals surface area contributed by atoms with Crippen molar-refractivity contribution in [3.05, 3.63) is 54.2 Å². The van der Waals surface area contributed by atoms with Gasteiger partial charge in [0.2, 0.25) is 0 Å². The molecule has 9 heteroatoms. The molecule has 5 rings (SSSR count). The molecule has 9 nitrogen and oxygen atoms in total. The SMILES string of the molecule is Cc1cnc2ccc(-c3nc(C(=O)NC[C@H]4CCOC4)c(N)nc3-c3ccc[nH]3)cn12. The first kappa shape index (κ1) is 19.3. The lowest BCUT2D eigenvalue weighted by atomic mass is 10.1. The fourth-order valence-electron chi connectivity index (χ4n) is 3.79. The molecule has 4 aromatic heterocycles. The van der Waals surface area contributed by atoms with Gasteiger partial charge in [0.05, 0.1) is 12.3 Å². The standard InChI is InChI=1S/C22H23N7O2/c1-13-9-25-17-5-4-15(11-29(13)17)18-19(16-3-2-7-24-16)28-21(23)20(27-18)22(30)26-10-14-6-8-31-12-14/h2-5,7,9,11,14,24H,6,8,10,12H2,1H3,(H2,23,28)(H,26,30)/t14-/m1/s1. The molecule has 5 heterocycles. The number of fused-ring (bicyclic) bond motifs is 1. The van der Waals surface area contributed by atoms with Crippen molar-refractivity contribution in [2.24, 2.45) is 5.92 Å². The van der Waals surface area contributed by atoms with Crippen LogP contribution in [0.4, 0.5) is 5.82 Å². The summed E-state index contributed by atoms with van der Waals surface area (Å²) in [4.78, 5) is 29.6. The summed E-state index contributed by atoms with van der Waals surface area (Å²) in [5.41, 5.74) is 10.9. The normalized spacial score (nSPS) is 16.1. The van der Waals surface area contributed by atoms with E-state index in [2.05, 4.69) is 25.3 Å². The lowest BCUT2D eigenvalue weighted by Crippen LogP contribution is -2.31. The molecule has 0 spiro atoms. The van der Waals surface area contributed by atoms with E-state index >= 15 is 0 Å². The quantitative estimate of drug-likeness (QED) is 0.458. The van der Waals surface area contributed by atoms with Crippen LogP contribution in [0.1, 0.15) is 22.6 Å². The summed E-state index contributed by atoms with van der Waals surface area (Å²) >= 11 is 0. The van der Waals surface area contributed by atoms with Crippen LogP contribution in [0.15, 0.2) is 42.9 Å². The fraction of sp³-hybridized carbons (Fsp3) is 0.273. The number of nitrogens with two attached hydrogens (primary N) is 1. The third-order valence-corrected chi connectivity index (χ3v) is 5.53. The second-order valence-electron chi connectivity index (χ2n) is 7.72. The van der Waals surface area contributed by atoms with Gasteiger partial charge in [-0.3, -0.25) is 4.79 Å².